The molecule has 212 valence electrons. The van der Waals surface area contributed by atoms with Crippen molar-refractivity contribution < 1.29 is 63.3 Å². The monoisotopic (exact) mass is 555 g/mol. The molecule has 0 bridgehead atoms. The predicted octanol–water partition coefficient (Wildman–Crippen LogP) is 6.27. The third kappa shape index (κ3) is 8.59. The molecule has 1 rings (SSSR count). The molecule has 0 spiro atoms. The van der Waals surface area contributed by atoms with Crippen molar-refractivity contribution in [3.8, 4) is 5.75 Å². The molecular formula is C22H26F9NO5. The average Bonchev–Trinajstić information content (AvgIpc) is 2.60. The van der Waals surface area contributed by atoms with Gasteiger partial charge in [0.1, 0.15) is 23.0 Å². The molecule has 0 fully saturated rings. The lowest BCUT2D eigenvalue weighted by molar-refractivity contribution is -0.436. The minimum atomic E-state index is -6.90. The van der Waals surface area contributed by atoms with Gasteiger partial charge in [-0.05, 0) is 59.2 Å². The highest BCUT2D eigenvalue weighted by atomic mass is 19.4. The van der Waals surface area contributed by atoms with E-state index in [1.807, 2.05) is 0 Å². The van der Waals surface area contributed by atoms with Gasteiger partial charge in [0.25, 0.3) is 0 Å². The second-order valence-corrected chi connectivity index (χ2v) is 9.86. The molecule has 1 aromatic carbocycles. The Morgan fingerprint density at radius 1 is 0.730 bits per heavy atom. The molecule has 15 heteroatoms. The number of halogens is 9. The van der Waals surface area contributed by atoms with Gasteiger partial charge >= 0.3 is 36.2 Å². The molecule has 0 saturated heterocycles. The Kier molecular flexibility index (Phi) is 9.11. The van der Waals surface area contributed by atoms with Gasteiger partial charge in [-0.3, -0.25) is 0 Å². The molecule has 0 heterocycles. The van der Waals surface area contributed by atoms with Crippen LogP contribution in [0, 0.1) is 0 Å². The molecule has 0 aliphatic rings. The summed E-state index contributed by atoms with van der Waals surface area (Å²) in [6.45, 7) is 9.19. The van der Waals surface area contributed by atoms with Crippen LogP contribution >= 0.6 is 0 Å². The quantitative estimate of drug-likeness (QED) is 0.331. The first-order chi connectivity index (χ1) is 16.3. The first-order valence-corrected chi connectivity index (χ1v) is 10.5. The second kappa shape index (κ2) is 10.5. The average molecular weight is 555 g/mol. The molecule has 1 atom stereocenters. The van der Waals surface area contributed by atoms with E-state index in [1.54, 1.807) is 0 Å². The highest BCUT2D eigenvalue weighted by molar-refractivity contribution is 5.82. The fraction of sp³-hybridized carbons (Fsp3) is 0.636. The fourth-order valence-corrected chi connectivity index (χ4v) is 2.78. The van der Waals surface area contributed by atoms with Crippen molar-refractivity contribution in [2.45, 2.75) is 89.3 Å². The second-order valence-electron chi connectivity index (χ2n) is 9.86. The summed E-state index contributed by atoms with van der Waals surface area (Å²) in [5.74, 6) is -2.35. The Morgan fingerprint density at radius 2 is 1.14 bits per heavy atom. The van der Waals surface area contributed by atoms with Crippen molar-refractivity contribution in [1.29, 1.82) is 0 Å². The van der Waals surface area contributed by atoms with Crippen LogP contribution in [-0.2, 0) is 20.7 Å². The van der Waals surface area contributed by atoms with Crippen molar-refractivity contribution in [2.75, 3.05) is 0 Å². The summed E-state index contributed by atoms with van der Waals surface area (Å²) in [5, 5.41) is 2.24. The van der Waals surface area contributed by atoms with Gasteiger partial charge in [-0.2, -0.15) is 39.5 Å². The van der Waals surface area contributed by atoms with E-state index in [1.165, 1.54) is 41.5 Å². The number of amides is 1. The number of alkyl carbamates (subject to hydrolysis) is 1. The molecule has 0 aromatic heterocycles. The highest BCUT2D eigenvalue weighted by Gasteiger charge is 2.87. The topological polar surface area (TPSA) is 73.9 Å². The summed E-state index contributed by atoms with van der Waals surface area (Å²) >= 11 is 0. The van der Waals surface area contributed by atoms with Gasteiger partial charge in [0, 0.05) is 6.42 Å². The minimum Gasteiger partial charge on any atom is -0.462 e. The zero-order valence-corrected chi connectivity index (χ0v) is 20.5. The van der Waals surface area contributed by atoms with E-state index in [4.69, 9.17) is 9.47 Å². The van der Waals surface area contributed by atoms with Gasteiger partial charge in [0.05, 0.1) is 0 Å². The van der Waals surface area contributed by atoms with Crippen molar-refractivity contribution in [1.82, 2.24) is 5.32 Å². The summed E-state index contributed by atoms with van der Waals surface area (Å²) in [4.78, 5) is 24.7. The van der Waals surface area contributed by atoms with Crippen LogP contribution < -0.4 is 10.1 Å². The lowest BCUT2D eigenvalue weighted by Gasteiger charge is -2.38. The number of alkyl halides is 9. The van der Waals surface area contributed by atoms with Crippen molar-refractivity contribution in [2.24, 2.45) is 0 Å². The smallest absolute Gasteiger partial charge is 0.447 e. The van der Waals surface area contributed by atoms with Crippen LogP contribution in [0.4, 0.5) is 44.3 Å². The molecule has 1 N–H and O–H groups in total. The number of esters is 1. The van der Waals surface area contributed by atoms with E-state index in [0.717, 1.165) is 12.1 Å². The van der Waals surface area contributed by atoms with E-state index >= 15 is 0 Å². The number of carbonyl (C=O) groups excluding carboxylic acids is 2. The molecule has 37 heavy (non-hydrogen) atoms. The Labute approximate surface area is 206 Å². The molecule has 0 aliphatic heterocycles. The van der Waals surface area contributed by atoms with E-state index in [2.05, 4.69) is 10.1 Å². The van der Waals surface area contributed by atoms with Gasteiger partial charge in [-0.1, -0.05) is 12.1 Å². The number of rotatable bonds is 6. The fourth-order valence-electron chi connectivity index (χ4n) is 2.78. The van der Waals surface area contributed by atoms with Crippen molar-refractivity contribution in [3.63, 3.8) is 0 Å². The van der Waals surface area contributed by atoms with Crippen LogP contribution in [0.3, 0.4) is 0 Å². The summed E-state index contributed by atoms with van der Waals surface area (Å²) < 4.78 is 132. The highest BCUT2D eigenvalue weighted by Crippen LogP contribution is 2.54. The van der Waals surface area contributed by atoms with Crippen LogP contribution in [0.25, 0.3) is 0 Å². The van der Waals surface area contributed by atoms with E-state index in [-0.39, 0.29) is 5.56 Å². The zero-order valence-electron chi connectivity index (χ0n) is 20.5. The summed E-state index contributed by atoms with van der Waals surface area (Å²) in [6, 6.07) is 1.11. The molecule has 1 aromatic rings. The van der Waals surface area contributed by atoms with E-state index < -0.39 is 65.6 Å². The maximum Gasteiger partial charge on any atom is 0.447 e. The predicted molar refractivity (Wildman–Crippen MR) is 111 cm³/mol. The molecule has 6 nitrogen and oxygen atoms in total. The SMILES string of the molecule is CC(C)(C)OC(=O)NC(Cc1ccc(OC(C(F)(F)F)(C(F)(F)F)C(F)(F)F)cc1)C(=O)OC(C)(C)C. The molecular weight excluding hydrogens is 529 g/mol. The van der Waals surface area contributed by atoms with Crippen molar-refractivity contribution >= 4 is 12.1 Å². The zero-order chi connectivity index (χ0) is 29.3. The van der Waals surface area contributed by atoms with Gasteiger partial charge in [-0.15, -0.1) is 0 Å². The number of carbonyl (C=O) groups is 2. The first kappa shape index (κ1) is 32.2. The number of ether oxygens (including phenoxy) is 3. The summed E-state index contributed by atoms with van der Waals surface area (Å²) in [7, 11) is 0. The normalized spacial score (nSPS) is 14.6. The van der Waals surface area contributed by atoms with Crippen LogP contribution in [0.1, 0.15) is 47.1 Å². The Bertz CT molecular complexity index is 904. The molecule has 0 aliphatic carbocycles. The summed E-state index contributed by atoms with van der Waals surface area (Å²) in [6.07, 6.45) is -22.1. The number of nitrogens with one attached hydrogen (secondary N) is 1. The van der Waals surface area contributed by atoms with Gasteiger partial charge in [0.2, 0.25) is 0 Å². The lowest BCUT2D eigenvalue weighted by atomic mass is 10.0. The third-order valence-corrected chi connectivity index (χ3v) is 4.21. The Hall–Kier alpha value is -2.87. The lowest BCUT2D eigenvalue weighted by Crippen LogP contribution is -2.69. The van der Waals surface area contributed by atoms with Crippen molar-refractivity contribution in [3.05, 3.63) is 29.8 Å². The van der Waals surface area contributed by atoms with E-state index in [9.17, 15) is 49.1 Å². The van der Waals surface area contributed by atoms with Crippen LogP contribution in [0.2, 0.25) is 0 Å². The maximum absolute atomic E-state index is 13.1. The summed E-state index contributed by atoms with van der Waals surface area (Å²) in [5.41, 5.74) is -8.41. The van der Waals surface area contributed by atoms with Crippen LogP contribution in [0.15, 0.2) is 24.3 Å². The van der Waals surface area contributed by atoms with Crippen LogP contribution in [0.5, 0.6) is 5.75 Å². The standard InChI is InChI=1S/C22H26F9NO5/c1-17(2,3)36-15(33)14(32-16(34)37-18(4,5)6)11-12-7-9-13(10-8-12)35-19(20(23,24)25,21(26,27)28)22(29,30)31/h7-10,14H,11H2,1-6H3,(H,32,34). The maximum atomic E-state index is 13.1. The van der Waals surface area contributed by atoms with Gasteiger partial charge < -0.3 is 19.5 Å². The van der Waals surface area contributed by atoms with Gasteiger partial charge in [-0.25, -0.2) is 9.59 Å². The first-order valence-electron chi connectivity index (χ1n) is 10.5. The molecule has 1 amide bonds. The number of hydrogen-bond acceptors (Lipinski definition) is 5. The Balaban J connectivity index is 3.29. The molecule has 1 unspecified atom stereocenters. The molecule has 0 radical (unpaired) electrons. The van der Waals surface area contributed by atoms with Gasteiger partial charge in [0.15, 0.2) is 0 Å². The number of hydrogen-bond donors (Lipinski definition) is 1. The molecule has 0 saturated carbocycles. The Morgan fingerprint density at radius 3 is 1.49 bits per heavy atom. The third-order valence-electron chi connectivity index (χ3n) is 4.21. The number of benzene rings is 1. The largest absolute Gasteiger partial charge is 0.462 e. The van der Waals surface area contributed by atoms with E-state index in [0.29, 0.717) is 12.1 Å². The minimum absolute atomic E-state index is 0.0240. The van der Waals surface area contributed by atoms with Crippen LogP contribution in [-0.4, -0.2) is 53.4 Å².